The summed E-state index contributed by atoms with van der Waals surface area (Å²) in [5.74, 6) is 3.09. The van der Waals surface area contributed by atoms with Gasteiger partial charge in [0.15, 0.2) is 5.96 Å². The van der Waals surface area contributed by atoms with Gasteiger partial charge < -0.3 is 20.1 Å². The van der Waals surface area contributed by atoms with Gasteiger partial charge in [0.2, 0.25) is 0 Å². The third-order valence-electron chi connectivity index (χ3n) is 4.02. The fourth-order valence-electron chi connectivity index (χ4n) is 2.36. The number of aliphatic imine (C=N–C) groups is 1. The Balaban J connectivity index is 0.00000338. The first-order valence-corrected chi connectivity index (χ1v) is 9.42. The van der Waals surface area contributed by atoms with E-state index in [2.05, 4.69) is 35.5 Å². The van der Waals surface area contributed by atoms with Crippen molar-refractivity contribution < 1.29 is 9.47 Å². The molecule has 6 heteroatoms. The molecule has 0 amide bonds. The van der Waals surface area contributed by atoms with E-state index in [4.69, 9.17) is 9.47 Å². The predicted molar refractivity (Wildman–Crippen MR) is 119 cm³/mol. The van der Waals surface area contributed by atoms with Crippen molar-refractivity contribution in [1.29, 1.82) is 0 Å². The first kappa shape index (κ1) is 23.0. The molecule has 26 heavy (non-hydrogen) atoms. The quantitative estimate of drug-likeness (QED) is 0.221. The largest absolute Gasteiger partial charge is 0.493 e. The zero-order valence-electron chi connectivity index (χ0n) is 16.3. The summed E-state index contributed by atoms with van der Waals surface area (Å²) in [7, 11) is 1.79. The molecule has 148 valence electrons. The fraction of sp³-hybridized carbons (Fsp3) is 0.650. The van der Waals surface area contributed by atoms with E-state index < -0.39 is 0 Å². The van der Waals surface area contributed by atoms with E-state index in [9.17, 15) is 0 Å². The van der Waals surface area contributed by atoms with Crippen LogP contribution in [0, 0.1) is 11.8 Å². The molecule has 0 aromatic heterocycles. The first-order valence-electron chi connectivity index (χ1n) is 9.42. The molecule has 1 fully saturated rings. The molecule has 1 saturated carbocycles. The number of hydrogen-bond acceptors (Lipinski definition) is 3. The lowest BCUT2D eigenvalue weighted by Gasteiger charge is -2.15. The molecule has 1 aliphatic carbocycles. The van der Waals surface area contributed by atoms with Crippen LogP contribution in [-0.2, 0) is 11.3 Å². The molecule has 2 rings (SSSR count). The Kier molecular flexibility index (Phi) is 11.7. The number of halogens is 1. The van der Waals surface area contributed by atoms with Crippen molar-refractivity contribution in [2.45, 2.75) is 39.7 Å². The molecule has 0 saturated heterocycles. The third kappa shape index (κ3) is 9.62. The van der Waals surface area contributed by atoms with Gasteiger partial charge in [-0.05, 0) is 37.2 Å². The number of para-hydroxylation sites is 1. The van der Waals surface area contributed by atoms with Crippen molar-refractivity contribution in [3.8, 4) is 5.75 Å². The normalized spacial score (nSPS) is 14.1. The molecule has 0 unspecified atom stereocenters. The van der Waals surface area contributed by atoms with E-state index in [0.717, 1.165) is 56.0 Å². The second-order valence-electron chi connectivity index (χ2n) is 7.04. The molecule has 2 N–H and O–H groups in total. The Morgan fingerprint density at radius 3 is 2.69 bits per heavy atom. The number of benzene rings is 1. The molecule has 1 aromatic carbocycles. The van der Waals surface area contributed by atoms with Gasteiger partial charge in [-0.1, -0.05) is 32.0 Å². The average molecular weight is 475 g/mol. The van der Waals surface area contributed by atoms with Crippen molar-refractivity contribution in [2.75, 3.05) is 33.4 Å². The van der Waals surface area contributed by atoms with Gasteiger partial charge in [-0.3, -0.25) is 4.99 Å². The summed E-state index contributed by atoms with van der Waals surface area (Å²) in [6.07, 6.45) is 3.68. The summed E-state index contributed by atoms with van der Waals surface area (Å²) in [5, 5.41) is 6.68. The number of ether oxygens (including phenoxy) is 2. The smallest absolute Gasteiger partial charge is 0.191 e. The van der Waals surface area contributed by atoms with Crippen LogP contribution < -0.4 is 15.4 Å². The lowest BCUT2D eigenvalue weighted by molar-refractivity contribution is 0.123. The van der Waals surface area contributed by atoms with Crippen LogP contribution >= 0.6 is 24.0 Å². The third-order valence-corrected chi connectivity index (χ3v) is 4.02. The molecule has 1 aromatic rings. The van der Waals surface area contributed by atoms with Crippen LogP contribution in [0.2, 0.25) is 0 Å². The Labute approximate surface area is 175 Å². The molecular formula is C20H34IN3O2. The Morgan fingerprint density at radius 2 is 2.00 bits per heavy atom. The van der Waals surface area contributed by atoms with Gasteiger partial charge in [-0.2, -0.15) is 0 Å². The average Bonchev–Trinajstić information content (AvgIpc) is 3.43. The van der Waals surface area contributed by atoms with Crippen LogP contribution in [0.25, 0.3) is 0 Å². The molecule has 0 radical (unpaired) electrons. The first-order chi connectivity index (χ1) is 12.2. The summed E-state index contributed by atoms with van der Waals surface area (Å²) < 4.78 is 11.5. The van der Waals surface area contributed by atoms with Gasteiger partial charge in [-0.15, -0.1) is 24.0 Å². The summed E-state index contributed by atoms with van der Waals surface area (Å²) in [6, 6.07) is 8.15. The number of nitrogens with zero attached hydrogens (tertiary/aromatic N) is 1. The van der Waals surface area contributed by atoms with E-state index in [-0.39, 0.29) is 24.0 Å². The molecule has 0 bridgehead atoms. The standard InChI is InChI=1S/C20H33N3O2.HI/c1-16(2)14-25-19-8-5-4-7-18(19)13-23-20(21-3)22-11-6-12-24-15-17-9-10-17;/h4-5,7-8,16-17H,6,9-15H2,1-3H3,(H2,21,22,23);1H. The Bertz CT molecular complexity index is 534. The zero-order chi connectivity index (χ0) is 17.9. The zero-order valence-corrected chi connectivity index (χ0v) is 18.6. The van der Waals surface area contributed by atoms with Crippen molar-refractivity contribution in [3.05, 3.63) is 29.8 Å². The summed E-state index contributed by atoms with van der Waals surface area (Å²) >= 11 is 0. The SMILES string of the molecule is CN=C(NCCCOCC1CC1)NCc1ccccc1OCC(C)C.I. The van der Waals surface area contributed by atoms with E-state index in [1.165, 1.54) is 12.8 Å². The maximum absolute atomic E-state index is 5.90. The van der Waals surface area contributed by atoms with E-state index in [0.29, 0.717) is 12.5 Å². The lowest BCUT2D eigenvalue weighted by atomic mass is 10.2. The van der Waals surface area contributed by atoms with Gasteiger partial charge in [0, 0.05) is 38.9 Å². The van der Waals surface area contributed by atoms with Crippen molar-refractivity contribution in [3.63, 3.8) is 0 Å². The number of guanidine groups is 1. The topological polar surface area (TPSA) is 54.9 Å². The minimum absolute atomic E-state index is 0. The Hall–Kier alpha value is -1.02. The number of rotatable bonds is 11. The van der Waals surface area contributed by atoms with E-state index in [1.807, 2.05) is 18.2 Å². The van der Waals surface area contributed by atoms with E-state index in [1.54, 1.807) is 7.05 Å². The molecule has 1 aliphatic rings. The fourth-order valence-corrected chi connectivity index (χ4v) is 2.36. The molecular weight excluding hydrogens is 441 g/mol. The van der Waals surface area contributed by atoms with Crippen molar-refractivity contribution in [1.82, 2.24) is 10.6 Å². The maximum atomic E-state index is 5.90. The van der Waals surface area contributed by atoms with E-state index >= 15 is 0 Å². The van der Waals surface area contributed by atoms with Gasteiger partial charge in [0.1, 0.15) is 5.75 Å². The summed E-state index contributed by atoms with van der Waals surface area (Å²) in [6.45, 7) is 8.32. The van der Waals surface area contributed by atoms with Crippen LogP contribution in [0.1, 0.15) is 38.7 Å². The van der Waals surface area contributed by atoms with Crippen LogP contribution in [0.15, 0.2) is 29.3 Å². The molecule has 5 nitrogen and oxygen atoms in total. The molecule has 0 heterocycles. The van der Waals surface area contributed by atoms with Crippen LogP contribution in [-0.4, -0.2) is 39.4 Å². The van der Waals surface area contributed by atoms with Crippen molar-refractivity contribution in [2.24, 2.45) is 16.8 Å². The monoisotopic (exact) mass is 475 g/mol. The Morgan fingerprint density at radius 1 is 1.23 bits per heavy atom. The molecule has 0 atom stereocenters. The number of hydrogen-bond donors (Lipinski definition) is 2. The minimum atomic E-state index is 0. The maximum Gasteiger partial charge on any atom is 0.191 e. The minimum Gasteiger partial charge on any atom is -0.493 e. The second kappa shape index (κ2) is 13.2. The molecule has 0 spiro atoms. The highest BCUT2D eigenvalue weighted by Gasteiger charge is 2.20. The lowest BCUT2D eigenvalue weighted by Crippen LogP contribution is -2.37. The van der Waals surface area contributed by atoms with Crippen LogP contribution in [0.5, 0.6) is 5.75 Å². The van der Waals surface area contributed by atoms with Gasteiger partial charge in [-0.25, -0.2) is 0 Å². The van der Waals surface area contributed by atoms with Crippen LogP contribution in [0.4, 0.5) is 0 Å². The van der Waals surface area contributed by atoms with Crippen molar-refractivity contribution >= 4 is 29.9 Å². The second-order valence-corrected chi connectivity index (χ2v) is 7.04. The van der Waals surface area contributed by atoms with Crippen LogP contribution in [0.3, 0.4) is 0 Å². The van der Waals surface area contributed by atoms with Gasteiger partial charge in [0.25, 0.3) is 0 Å². The highest BCUT2D eigenvalue weighted by molar-refractivity contribution is 14.0. The summed E-state index contributed by atoms with van der Waals surface area (Å²) in [4.78, 5) is 4.28. The highest BCUT2D eigenvalue weighted by Crippen LogP contribution is 2.28. The van der Waals surface area contributed by atoms with Gasteiger partial charge in [0.05, 0.1) is 6.61 Å². The summed E-state index contributed by atoms with van der Waals surface area (Å²) in [5.41, 5.74) is 1.14. The highest BCUT2D eigenvalue weighted by atomic mass is 127. The predicted octanol–water partition coefficient (Wildman–Crippen LogP) is 3.82. The molecule has 0 aliphatic heterocycles. The van der Waals surface area contributed by atoms with Gasteiger partial charge >= 0.3 is 0 Å². The number of nitrogens with one attached hydrogen (secondary N) is 2.